The van der Waals surface area contributed by atoms with E-state index in [4.69, 9.17) is 10.5 Å². The second kappa shape index (κ2) is 5.07. The van der Waals surface area contributed by atoms with Gasteiger partial charge in [0.1, 0.15) is 0 Å². The van der Waals surface area contributed by atoms with E-state index in [9.17, 15) is 0 Å². The van der Waals surface area contributed by atoms with Crippen molar-refractivity contribution in [2.24, 2.45) is 16.7 Å². The SMILES string of the molecule is CCCOc1nc(N)nc(NCC2C(C)(C)C2(C)C)n1. The smallest absolute Gasteiger partial charge is 0.323 e. The Kier molecular flexibility index (Phi) is 3.75. The third-order valence-electron chi connectivity index (χ3n) is 4.85. The molecule has 6 heteroatoms. The number of ether oxygens (including phenoxy) is 1. The minimum Gasteiger partial charge on any atom is -0.463 e. The summed E-state index contributed by atoms with van der Waals surface area (Å²) in [6, 6.07) is 0.288. The number of anilines is 2. The van der Waals surface area contributed by atoms with E-state index >= 15 is 0 Å². The van der Waals surface area contributed by atoms with Crippen LogP contribution in [0.1, 0.15) is 41.0 Å². The van der Waals surface area contributed by atoms with Gasteiger partial charge < -0.3 is 15.8 Å². The van der Waals surface area contributed by atoms with Crippen LogP contribution < -0.4 is 15.8 Å². The number of nitrogens with two attached hydrogens (primary N) is 1. The molecule has 0 atom stereocenters. The molecule has 1 saturated carbocycles. The maximum atomic E-state index is 5.68. The number of nitrogens with zero attached hydrogens (tertiary/aromatic N) is 3. The first-order chi connectivity index (χ1) is 9.29. The number of nitrogens with one attached hydrogen (secondary N) is 1. The third kappa shape index (κ3) is 2.64. The van der Waals surface area contributed by atoms with Crippen molar-refractivity contribution in [3.05, 3.63) is 0 Å². The number of nitrogen functional groups attached to an aromatic ring is 1. The van der Waals surface area contributed by atoms with Crippen LogP contribution in [0.25, 0.3) is 0 Å². The fourth-order valence-corrected chi connectivity index (χ4v) is 2.75. The van der Waals surface area contributed by atoms with Crippen molar-refractivity contribution in [3.8, 4) is 6.01 Å². The Morgan fingerprint density at radius 3 is 2.35 bits per heavy atom. The van der Waals surface area contributed by atoms with Crippen LogP contribution >= 0.6 is 0 Å². The zero-order chi connectivity index (χ0) is 15.0. The van der Waals surface area contributed by atoms with Gasteiger partial charge in [0.2, 0.25) is 11.9 Å². The third-order valence-corrected chi connectivity index (χ3v) is 4.85. The van der Waals surface area contributed by atoms with Crippen molar-refractivity contribution >= 4 is 11.9 Å². The van der Waals surface area contributed by atoms with Crippen LogP contribution in [0.15, 0.2) is 0 Å². The predicted octanol–water partition coefficient (Wildman–Crippen LogP) is 2.34. The van der Waals surface area contributed by atoms with Crippen LogP contribution in [0.2, 0.25) is 0 Å². The summed E-state index contributed by atoms with van der Waals surface area (Å²) in [7, 11) is 0. The fraction of sp³-hybridized carbons (Fsp3) is 0.786. The minimum absolute atomic E-state index is 0.183. The molecule has 0 spiro atoms. The molecule has 0 amide bonds. The van der Waals surface area contributed by atoms with Gasteiger partial charge in [0.25, 0.3) is 0 Å². The summed E-state index contributed by atoms with van der Waals surface area (Å²) in [6.45, 7) is 12.6. The molecule has 0 bridgehead atoms. The lowest BCUT2D eigenvalue weighted by molar-refractivity contribution is 0.292. The molecule has 1 aromatic rings. The van der Waals surface area contributed by atoms with E-state index in [0.29, 0.717) is 29.3 Å². The van der Waals surface area contributed by atoms with Gasteiger partial charge in [-0.3, -0.25) is 0 Å². The van der Waals surface area contributed by atoms with Gasteiger partial charge in [-0.25, -0.2) is 0 Å². The molecular formula is C14H25N5O. The van der Waals surface area contributed by atoms with Gasteiger partial charge in [-0.2, -0.15) is 15.0 Å². The molecule has 2 rings (SSSR count). The van der Waals surface area contributed by atoms with Crippen molar-refractivity contribution in [1.29, 1.82) is 0 Å². The summed E-state index contributed by atoms with van der Waals surface area (Å²) in [6.07, 6.45) is 0.902. The molecule has 1 fully saturated rings. The van der Waals surface area contributed by atoms with Crippen LogP contribution in [0, 0.1) is 16.7 Å². The molecule has 0 radical (unpaired) electrons. The standard InChI is InChI=1S/C14H25N5O/c1-6-7-20-12-18-10(15)17-11(19-12)16-8-9-13(2,3)14(9,4)5/h9H,6-8H2,1-5H3,(H3,15,16,17,18,19). The first-order valence-electron chi connectivity index (χ1n) is 7.17. The molecule has 0 saturated heterocycles. The Bertz CT molecular complexity index is 472. The van der Waals surface area contributed by atoms with Crippen LogP contribution in [-0.4, -0.2) is 28.1 Å². The van der Waals surface area contributed by atoms with Crippen molar-refractivity contribution in [2.75, 3.05) is 24.2 Å². The highest BCUT2D eigenvalue weighted by atomic mass is 16.5. The quantitative estimate of drug-likeness (QED) is 0.831. The first-order valence-corrected chi connectivity index (χ1v) is 7.17. The van der Waals surface area contributed by atoms with Crippen molar-refractivity contribution in [1.82, 2.24) is 15.0 Å². The Balaban J connectivity index is 1.98. The molecule has 1 aliphatic rings. The van der Waals surface area contributed by atoms with E-state index in [2.05, 4.69) is 48.0 Å². The lowest BCUT2D eigenvalue weighted by Gasteiger charge is -2.08. The van der Waals surface area contributed by atoms with E-state index in [0.717, 1.165) is 13.0 Å². The molecular weight excluding hydrogens is 254 g/mol. The van der Waals surface area contributed by atoms with E-state index in [1.54, 1.807) is 0 Å². The van der Waals surface area contributed by atoms with Gasteiger partial charge in [-0.1, -0.05) is 34.6 Å². The van der Waals surface area contributed by atoms with E-state index in [-0.39, 0.29) is 12.0 Å². The summed E-state index contributed by atoms with van der Waals surface area (Å²) in [5.41, 5.74) is 6.34. The molecule has 1 heterocycles. The number of hydrogen-bond donors (Lipinski definition) is 2. The summed E-state index contributed by atoms with van der Waals surface area (Å²) in [5, 5.41) is 3.25. The van der Waals surface area contributed by atoms with Gasteiger partial charge in [0.05, 0.1) is 6.61 Å². The number of aromatic nitrogens is 3. The summed E-state index contributed by atoms with van der Waals surface area (Å²) >= 11 is 0. The minimum atomic E-state index is 0.183. The number of hydrogen-bond acceptors (Lipinski definition) is 6. The lowest BCUT2D eigenvalue weighted by Crippen LogP contribution is -2.13. The van der Waals surface area contributed by atoms with Crippen LogP contribution in [0.4, 0.5) is 11.9 Å². The molecule has 1 aliphatic carbocycles. The zero-order valence-corrected chi connectivity index (χ0v) is 13.0. The van der Waals surface area contributed by atoms with Gasteiger partial charge in [-0.05, 0) is 23.2 Å². The van der Waals surface area contributed by atoms with Gasteiger partial charge in [0.15, 0.2) is 0 Å². The summed E-state index contributed by atoms with van der Waals surface area (Å²) < 4.78 is 5.40. The molecule has 0 unspecified atom stereocenters. The van der Waals surface area contributed by atoms with E-state index in [1.807, 2.05) is 6.92 Å². The van der Waals surface area contributed by atoms with Crippen molar-refractivity contribution in [3.63, 3.8) is 0 Å². The van der Waals surface area contributed by atoms with Gasteiger partial charge >= 0.3 is 6.01 Å². The topological polar surface area (TPSA) is 86.0 Å². The van der Waals surface area contributed by atoms with E-state index < -0.39 is 0 Å². The van der Waals surface area contributed by atoms with E-state index in [1.165, 1.54) is 0 Å². The second-order valence-electron chi connectivity index (χ2n) is 6.53. The Labute approximate surface area is 120 Å². The van der Waals surface area contributed by atoms with Gasteiger partial charge in [0, 0.05) is 6.54 Å². The normalized spacial score (nSPS) is 19.6. The largest absolute Gasteiger partial charge is 0.463 e. The van der Waals surface area contributed by atoms with Crippen LogP contribution in [0.3, 0.4) is 0 Å². The van der Waals surface area contributed by atoms with Crippen molar-refractivity contribution < 1.29 is 4.74 Å². The predicted molar refractivity (Wildman–Crippen MR) is 79.6 cm³/mol. The molecule has 6 nitrogen and oxygen atoms in total. The maximum Gasteiger partial charge on any atom is 0.323 e. The average molecular weight is 279 g/mol. The zero-order valence-electron chi connectivity index (χ0n) is 13.0. The van der Waals surface area contributed by atoms with Gasteiger partial charge in [-0.15, -0.1) is 0 Å². The van der Waals surface area contributed by atoms with Crippen LogP contribution in [-0.2, 0) is 0 Å². The summed E-state index contributed by atoms with van der Waals surface area (Å²) in [5.74, 6) is 1.26. The molecule has 0 aliphatic heterocycles. The fourth-order valence-electron chi connectivity index (χ4n) is 2.75. The highest BCUT2D eigenvalue weighted by Gasteiger charge is 2.64. The molecule has 0 aromatic carbocycles. The monoisotopic (exact) mass is 279 g/mol. The molecule has 3 N–H and O–H groups in total. The highest BCUT2D eigenvalue weighted by Crippen LogP contribution is 2.68. The average Bonchev–Trinajstić information content (AvgIpc) is 2.74. The van der Waals surface area contributed by atoms with Crippen molar-refractivity contribution in [2.45, 2.75) is 41.0 Å². The molecule has 112 valence electrons. The number of rotatable bonds is 6. The Hall–Kier alpha value is -1.59. The maximum absolute atomic E-state index is 5.68. The first kappa shape index (κ1) is 14.8. The van der Waals surface area contributed by atoms with Crippen LogP contribution in [0.5, 0.6) is 6.01 Å². The Morgan fingerprint density at radius 2 is 1.80 bits per heavy atom. The Morgan fingerprint density at radius 1 is 1.15 bits per heavy atom. The molecule has 20 heavy (non-hydrogen) atoms. The second-order valence-corrected chi connectivity index (χ2v) is 6.53. The lowest BCUT2D eigenvalue weighted by atomic mass is 10.0. The summed E-state index contributed by atoms with van der Waals surface area (Å²) in [4.78, 5) is 12.3. The highest BCUT2D eigenvalue weighted by molar-refractivity contribution is 5.33. The molecule has 1 aromatic heterocycles.